The number of benzene rings is 1. The van der Waals surface area contributed by atoms with Crippen molar-refractivity contribution in [2.24, 2.45) is 5.92 Å². The number of nitrogens with one attached hydrogen (secondary N) is 1. The molecule has 2 heteroatoms. The quantitative estimate of drug-likeness (QED) is 0.814. The van der Waals surface area contributed by atoms with Crippen molar-refractivity contribution in [3.8, 4) is 0 Å². The van der Waals surface area contributed by atoms with E-state index in [1.165, 1.54) is 17.4 Å². The highest BCUT2D eigenvalue weighted by atomic mass is 16.3. The van der Waals surface area contributed by atoms with E-state index in [-0.39, 0.29) is 6.04 Å². The van der Waals surface area contributed by atoms with Gasteiger partial charge in [0, 0.05) is 10.9 Å². The van der Waals surface area contributed by atoms with Crippen LogP contribution in [0.5, 0.6) is 0 Å². The monoisotopic (exact) mass is 259 g/mol. The Labute approximate surface area is 116 Å². The van der Waals surface area contributed by atoms with Crippen LogP contribution in [0.15, 0.2) is 28.7 Å². The summed E-state index contributed by atoms with van der Waals surface area (Å²) in [4.78, 5) is 0. The first-order valence-electron chi connectivity index (χ1n) is 7.37. The zero-order valence-electron chi connectivity index (χ0n) is 12.5. The van der Waals surface area contributed by atoms with Crippen molar-refractivity contribution in [2.45, 2.75) is 46.6 Å². The molecule has 0 aliphatic heterocycles. The summed E-state index contributed by atoms with van der Waals surface area (Å²) in [6.45, 7) is 9.94. The number of aryl methyl sites for hydroxylation is 1. The van der Waals surface area contributed by atoms with Crippen molar-refractivity contribution in [3.05, 3.63) is 35.6 Å². The molecule has 2 rings (SSSR count). The SMILES string of the molecule is CCc1c(C(C)NCCC(C)C)oc2ccccc12. The molecule has 0 saturated carbocycles. The number of para-hydroxylation sites is 1. The van der Waals surface area contributed by atoms with Gasteiger partial charge in [0.05, 0.1) is 6.04 Å². The van der Waals surface area contributed by atoms with Gasteiger partial charge in [0.1, 0.15) is 11.3 Å². The van der Waals surface area contributed by atoms with Crippen LogP contribution in [0, 0.1) is 5.92 Å². The molecule has 2 nitrogen and oxygen atoms in total. The van der Waals surface area contributed by atoms with Gasteiger partial charge in [0.25, 0.3) is 0 Å². The number of hydrogen-bond acceptors (Lipinski definition) is 2. The van der Waals surface area contributed by atoms with Gasteiger partial charge in [-0.2, -0.15) is 0 Å². The van der Waals surface area contributed by atoms with Crippen molar-refractivity contribution in [3.63, 3.8) is 0 Å². The summed E-state index contributed by atoms with van der Waals surface area (Å²) in [6, 6.07) is 8.60. The Morgan fingerprint density at radius 2 is 1.89 bits per heavy atom. The molecule has 1 atom stereocenters. The molecule has 1 N–H and O–H groups in total. The van der Waals surface area contributed by atoms with Gasteiger partial charge in [-0.25, -0.2) is 0 Å². The summed E-state index contributed by atoms with van der Waals surface area (Å²) >= 11 is 0. The van der Waals surface area contributed by atoms with Gasteiger partial charge in [0.2, 0.25) is 0 Å². The molecule has 2 aromatic rings. The molecule has 0 radical (unpaired) electrons. The fourth-order valence-corrected chi connectivity index (χ4v) is 2.51. The number of rotatable bonds is 6. The van der Waals surface area contributed by atoms with E-state index in [2.05, 4.69) is 51.2 Å². The fraction of sp³-hybridized carbons (Fsp3) is 0.529. The van der Waals surface area contributed by atoms with Gasteiger partial charge >= 0.3 is 0 Å². The molecular formula is C17H25NO. The molecule has 1 aromatic carbocycles. The average molecular weight is 259 g/mol. The van der Waals surface area contributed by atoms with Gasteiger partial charge in [-0.3, -0.25) is 0 Å². The van der Waals surface area contributed by atoms with Crippen LogP contribution >= 0.6 is 0 Å². The summed E-state index contributed by atoms with van der Waals surface area (Å²) in [5.74, 6) is 1.84. The molecule has 0 saturated heterocycles. The van der Waals surface area contributed by atoms with Gasteiger partial charge in [0.15, 0.2) is 0 Å². The van der Waals surface area contributed by atoms with Crippen LogP contribution in [0.4, 0.5) is 0 Å². The largest absolute Gasteiger partial charge is 0.459 e. The van der Waals surface area contributed by atoms with Gasteiger partial charge in [-0.05, 0) is 38.3 Å². The molecule has 19 heavy (non-hydrogen) atoms. The predicted octanol–water partition coefficient (Wildman–Crippen LogP) is 4.69. The van der Waals surface area contributed by atoms with Crippen molar-refractivity contribution in [2.75, 3.05) is 6.54 Å². The molecule has 1 aromatic heterocycles. The number of hydrogen-bond donors (Lipinski definition) is 1. The van der Waals surface area contributed by atoms with Crippen LogP contribution in [-0.2, 0) is 6.42 Å². The van der Waals surface area contributed by atoms with Crippen LogP contribution in [0.2, 0.25) is 0 Å². The molecule has 0 amide bonds. The predicted molar refractivity (Wildman–Crippen MR) is 81.5 cm³/mol. The lowest BCUT2D eigenvalue weighted by Gasteiger charge is -2.14. The van der Waals surface area contributed by atoms with Crippen LogP contribution in [0.3, 0.4) is 0 Å². The minimum Gasteiger partial charge on any atom is -0.459 e. The third-order valence-corrected chi connectivity index (χ3v) is 3.65. The number of fused-ring (bicyclic) bond motifs is 1. The molecule has 104 valence electrons. The normalized spacial score (nSPS) is 13.3. The zero-order valence-corrected chi connectivity index (χ0v) is 12.5. The van der Waals surface area contributed by atoms with Crippen molar-refractivity contribution < 1.29 is 4.42 Å². The first kappa shape index (κ1) is 14.1. The summed E-state index contributed by atoms with van der Waals surface area (Å²) in [6.07, 6.45) is 2.22. The second-order valence-electron chi connectivity index (χ2n) is 5.65. The Morgan fingerprint density at radius 1 is 1.16 bits per heavy atom. The third kappa shape index (κ3) is 3.19. The Morgan fingerprint density at radius 3 is 2.58 bits per heavy atom. The lowest BCUT2D eigenvalue weighted by atomic mass is 10.0. The van der Waals surface area contributed by atoms with Gasteiger partial charge in [-0.15, -0.1) is 0 Å². The lowest BCUT2D eigenvalue weighted by molar-refractivity contribution is 0.428. The van der Waals surface area contributed by atoms with Crippen molar-refractivity contribution >= 4 is 11.0 Å². The highest BCUT2D eigenvalue weighted by Crippen LogP contribution is 2.30. The van der Waals surface area contributed by atoms with E-state index in [4.69, 9.17) is 4.42 Å². The highest BCUT2D eigenvalue weighted by Gasteiger charge is 2.17. The fourth-order valence-electron chi connectivity index (χ4n) is 2.51. The van der Waals surface area contributed by atoms with Crippen LogP contribution in [0.25, 0.3) is 11.0 Å². The molecule has 0 fully saturated rings. The van der Waals surface area contributed by atoms with Crippen LogP contribution in [-0.4, -0.2) is 6.54 Å². The Kier molecular flexibility index (Phi) is 4.65. The lowest BCUT2D eigenvalue weighted by Crippen LogP contribution is -2.21. The smallest absolute Gasteiger partial charge is 0.134 e. The standard InChI is InChI=1S/C17H25NO/c1-5-14-15-8-6-7-9-16(15)19-17(14)13(4)18-11-10-12(2)3/h6-9,12-13,18H,5,10-11H2,1-4H3. The van der Waals surface area contributed by atoms with E-state index < -0.39 is 0 Å². The summed E-state index contributed by atoms with van der Waals surface area (Å²) in [5, 5.41) is 4.83. The Balaban J connectivity index is 2.19. The Hall–Kier alpha value is -1.28. The van der Waals surface area contributed by atoms with E-state index in [1.54, 1.807) is 0 Å². The maximum Gasteiger partial charge on any atom is 0.134 e. The minimum absolute atomic E-state index is 0.279. The zero-order chi connectivity index (χ0) is 13.8. The molecule has 0 spiro atoms. The maximum atomic E-state index is 6.05. The Bertz CT molecular complexity index is 527. The van der Waals surface area contributed by atoms with E-state index in [9.17, 15) is 0 Å². The molecule has 1 heterocycles. The third-order valence-electron chi connectivity index (χ3n) is 3.65. The molecule has 0 aliphatic carbocycles. The number of furan rings is 1. The van der Waals surface area contributed by atoms with E-state index in [1.807, 2.05) is 6.07 Å². The van der Waals surface area contributed by atoms with Crippen LogP contribution < -0.4 is 5.32 Å². The maximum absolute atomic E-state index is 6.05. The van der Waals surface area contributed by atoms with E-state index in [0.717, 1.165) is 30.2 Å². The molecule has 1 unspecified atom stereocenters. The van der Waals surface area contributed by atoms with E-state index >= 15 is 0 Å². The second-order valence-corrected chi connectivity index (χ2v) is 5.65. The molecule has 0 aliphatic rings. The van der Waals surface area contributed by atoms with Crippen molar-refractivity contribution in [1.82, 2.24) is 5.32 Å². The summed E-state index contributed by atoms with van der Waals surface area (Å²) in [7, 11) is 0. The van der Waals surface area contributed by atoms with E-state index in [0.29, 0.717) is 0 Å². The first-order chi connectivity index (χ1) is 9.13. The highest BCUT2D eigenvalue weighted by molar-refractivity contribution is 5.82. The summed E-state index contributed by atoms with van der Waals surface area (Å²) < 4.78 is 6.05. The first-order valence-corrected chi connectivity index (χ1v) is 7.37. The van der Waals surface area contributed by atoms with Gasteiger partial charge in [-0.1, -0.05) is 39.0 Å². The molecule has 0 bridgehead atoms. The topological polar surface area (TPSA) is 25.2 Å². The second kappa shape index (κ2) is 6.25. The average Bonchev–Trinajstić information content (AvgIpc) is 2.76. The minimum atomic E-state index is 0.279. The van der Waals surface area contributed by atoms with Crippen molar-refractivity contribution in [1.29, 1.82) is 0 Å². The molecular weight excluding hydrogens is 234 g/mol. The summed E-state index contributed by atoms with van der Waals surface area (Å²) in [5.41, 5.74) is 2.35. The van der Waals surface area contributed by atoms with Gasteiger partial charge < -0.3 is 9.73 Å². The van der Waals surface area contributed by atoms with Crippen LogP contribution in [0.1, 0.15) is 51.5 Å².